The van der Waals surface area contributed by atoms with Crippen LogP contribution in [0.2, 0.25) is 0 Å². The highest BCUT2D eigenvalue weighted by atomic mass is 19.4. The third-order valence-electron chi connectivity index (χ3n) is 2.77. The highest BCUT2D eigenvalue weighted by Gasteiger charge is 2.31. The molecule has 0 bridgehead atoms. The fraction of sp³-hybridized carbons (Fsp3) is 0.357. The zero-order chi connectivity index (χ0) is 16.0. The maximum Gasteiger partial charge on any atom is 0.416 e. The van der Waals surface area contributed by atoms with Gasteiger partial charge in [0.15, 0.2) is 0 Å². The first kappa shape index (κ1) is 15.2. The lowest BCUT2D eigenvalue weighted by atomic mass is 10.1. The standard InChI is InChI=1S/C14H15F3N2O2/c1-13(2,3)21-12(20)11-10(18)8-5-4-7(14(15,16)17)6-9(8)19-11/h4-6,19H,18H2,1-3H3. The van der Waals surface area contributed by atoms with Gasteiger partial charge in [-0.15, -0.1) is 0 Å². The number of rotatable bonds is 1. The molecule has 21 heavy (non-hydrogen) atoms. The Labute approximate surface area is 119 Å². The molecule has 0 spiro atoms. The number of nitrogen functional groups attached to an aromatic ring is 1. The van der Waals surface area contributed by atoms with Crippen molar-refractivity contribution in [2.45, 2.75) is 32.5 Å². The summed E-state index contributed by atoms with van der Waals surface area (Å²) in [7, 11) is 0. The SMILES string of the molecule is CC(C)(C)OC(=O)c1[nH]c2cc(C(F)(F)F)ccc2c1N. The molecule has 114 valence electrons. The van der Waals surface area contributed by atoms with Gasteiger partial charge in [-0.1, -0.05) is 6.07 Å². The van der Waals surface area contributed by atoms with Crippen LogP contribution in [-0.4, -0.2) is 16.6 Å². The molecule has 0 aliphatic heterocycles. The molecule has 7 heteroatoms. The first-order valence-electron chi connectivity index (χ1n) is 6.21. The summed E-state index contributed by atoms with van der Waals surface area (Å²) in [6.07, 6.45) is -4.46. The number of nitrogens with two attached hydrogens (primary N) is 1. The van der Waals surface area contributed by atoms with Gasteiger partial charge in [-0.3, -0.25) is 0 Å². The molecule has 0 aliphatic rings. The monoisotopic (exact) mass is 300 g/mol. The first-order valence-corrected chi connectivity index (χ1v) is 6.21. The van der Waals surface area contributed by atoms with E-state index in [1.165, 1.54) is 6.07 Å². The van der Waals surface area contributed by atoms with Gasteiger partial charge in [0.05, 0.1) is 11.3 Å². The molecule has 0 saturated carbocycles. The molecular formula is C14H15F3N2O2. The van der Waals surface area contributed by atoms with Gasteiger partial charge in [-0.2, -0.15) is 13.2 Å². The van der Waals surface area contributed by atoms with Crippen LogP contribution in [0, 0.1) is 0 Å². The number of halogens is 3. The topological polar surface area (TPSA) is 68.1 Å². The van der Waals surface area contributed by atoms with Crippen LogP contribution in [0.3, 0.4) is 0 Å². The summed E-state index contributed by atoms with van der Waals surface area (Å²) in [4.78, 5) is 14.6. The minimum absolute atomic E-state index is 0.0424. The number of nitrogens with one attached hydrogen (secondary N) is 1. The number of fused-ring (bicyclic) bond motifs is 1. The van der Waals surface area contributed by atoms with Crippen molar-refractivity contribution in [2.75, 3.05) is 5.73 Å². The summed E-state index contributed by atoms with van der Waals surface area (Å²) in [5.41, 5.74) is 4.44. The van der Waals surface area contributed by atoms with Crippen LogP contribution in [-0.2, 0) is 10.9 Å². The average molecular weight is 300 g/mol. The minimum atomic E-state index is -4.46. The quantitative estimate of drug-likeness (QED) is 0.789. The summed E-state index contributed by atoms with van der Waals surface area (Å²) >= 11 is 0. The summed E-state index contributed by atoms with van der Waals surface area (Å²) < 4.78 is 43.2. The fourth-order valence-electron chi connectivity index (χ4n) is 1.89. The van der Waals surface area contributed by atoms with Crippen molar-refractivity contribution in [2.24, 2.45) is 0 Å². The molecule has 0 aliphatic carbocycles. The second kappa shape index (κ2) is 4.68. The molecule has 3 N–H and O–H groups in total. The van der Waals surface area contributed by atoms with E-state index in [0.29, 0.717) is 5.39 Å². The van der Waals surface area contributed by atoms with Gasteiger partial charge >= 0.3 is 12.1 Å². The Hall–Kier alpha value is -2.18. The summed E-state index contributed by atoms with van der Waals surface area (Å²) in [6.45, 7) is 5.06. The smallest absolute Gasteiger partial charge is 0.416 e. The van der Waals surface area contributed by atoms with Gasteiger partial charge in [-0.25, -0.2) is 4.79 Å². The molecule has 0 saturated heterocycles. The molecule has 0 radical (unpaired) electrons. The third kappa shape index (κ3) is 3.12. The van der Waals surface area contributed by atoms with Gasteiger partial charge in [0.1, 0.15) is 11.3 Å². The Bertz CT molecular complexity index is 697. The maximum absolute atomic E-state index is 12.7. The molecule has 1 aromatic heterocycles. The van der Waals surface area contributed by atoms with Gasteiger partial charge in [0.25, 0.3) is 0 Å². The predicted octanol–water partition coefficient (Wildman–Crippen LogP) is 3.72. The normalized spacial score (nSPS) is 12.7. The number of esters is 1. The van der Waals surface area contributed by atoms with E-state index in [9.17, 15) is 18.0 Å². The molecule has 2 rings (SSSR count). The van der Waals surface area contributed by atoms with E-state index in [1.54, 1.807) is 20.8 Å². The number of benzene rings is 1. The number of aromatic amines is 1. The van der Waals surface area contributed by atoms with E-state index in [1.807, 2.05) is 0 Å². The van der Waals surface area contributed by atoms with Crippen molar-refractivity contribution in [1.82, 2.24) is 4.98 Å². The average Bonchev–Trinajstić information content (AvgIpc) is 2.63. The Balaban J connectivity index is 2.48. The van der Waals surface area contributed by atoms with Crippen LogP contribution in [0.5, 0.6) is 0 Å². The number of anilines is 1. The molecule has 0 unspecified atom stereocenters. The van der Waals surface area contributed by atoms with Crippen LogP contribution >= 0.6 is 0 Å². The van der Waals surface area contributed by atoms with E-state index in [0.717, 1.165) is 12.1 Å². The number of carbonyl (C=O) groups is 1. The number of hydrogen-bond acceptors (Lipinski definition) is 3. The Morgan fingerprint density at radius 2 is 1.86 bits per heavy atom. The van der Waals surface area contributed by atoms with Crippen molar-refractivity contribution in [3.05, 3.63) is 29.5 Å². The van der Waals surface area contributed by atoms with E-state index >= 15 is 0 Å². The second-order valence-electron chi connectivity index (χ2n) is 5.67. The van der Waals surface area contributed by atoms with Gasteiger partial charge in [-0.05, 0) is 32.9 Å². The van der Waals surface area contributed by atoms with Crippen LogP contribution in [0.4, 0.5) is 18.9 Å². The van der Waals surface area contributed by atoms with E-state index in [4.69, 9.17) is 10.5 Å². The van der Waals surface area contributed by atoms with Crippen molar-refractivity contribution in [3.63, 3.8) is 0 Å². The Kier molecular flexibility index (Phi) is 3.39. The van der Waals surface area contributed by atoms with Crippen molar-refractivity contribution in [3.8, 4) is 0 Å². The molecule has 4 nitrogen and oxygen atoms in total. The lowest BCUT2D eigenvalue weighted by Gasteiger charge is -2.19. The second-order valence-corrected chi connectivity index (χ2v) is 5.67. The number of alkyl halides is 3. The molecule has 0 atom stereocenters. The Morgan fingerprint density at radius 3 is 2.38 bits per heavy atom. The van der Waals surface area contributed by atoms with Crippen LogP contribution in [0.1, 0.15) is 36.8 Å². The first-order chi connectivity index (χ1) is 9.49. The minimum Gasteiger partial charge on any atom is -0.455 e. The molecule has 0 fully saturated rings. The van der Waals surface area contributed by atoms with Crippen molar-refractivity contribution in [1.29, 1.82) is 0 Å². The van der Waals surface area contributed by atoms with Crippen LogP contribution in [0.15, 0.2) is 18.2 Å². The fourth-order valence-corrected chi connectivity index (χ4v) is 1.89. The number of hydrogen-bond donors (Lipinski definition) is 2. The number of carbonyl (C=O) groups excluding carboxylic acids is 1. The van der Waals surface area contributed by atoms with Crippen LogP contribution in [0.25, 0.3) is 10.9 Å². The highest BCUT2D eigenvalue weighted by molar-refractivity contribution is 6.05. The summed E-state index contributed by atoms with van der Waals surface area (Å²) in [6, 6.07) is 3.07. The van der Waals surface area contributed by atoms with Gasteiger partial charge in [0.2, 0.25) is 0 Å². The van der Waals surface area contributed by atoms with E-state index in [2.05, 4.69) is 4.98 Å². The molecule has 1 heterocycles. The molecule has 2 aromatic rings. The van der Waals surface area contributed by atoms with Gasteiger partial charge < -0.3 is 15.5 Å². The lowest BCUT2D eigenvalue weighted by molar-refractivity contribution is -0.137. The molecule has 0 amide bonds. The number of ether oxygens (including phenoxy) is 1. The zero-order valence-corrected chi connectivity index (χ0v) is 11.8. The zero-order valence-electron chi connectivity index (χ0n) is 11.8. The number of H-pyrrole nitrogens is 1. The lowest BCUT2D eigenvalue weighted by Crippen LogP contribution is -2.24. The molecular weight excluding hydrogens is 285 g/mol. The molecule has 1 aromatic carbocycles. The van der Waals surface area contributed by atoms with E-state index < -0.39 is 23.3 Å². The Morgan fingerprint density at radius 1 is 1.24 bits per heavy atom. The largest absolute Gasteiger partial charge is 0.455 e. The van der Waals surface area contributed by atoms with Crippen molar-refractivity contribution >= 4 is 22.6 Å². The number of aromatic nitrogens is 1. The van der Waals surface area contributed by atoms with Gasteiger partial charge in [0, 0.05) is 10.9 Å². The van der Waals surface area contributed by atoms with E-state index in [-0.39, 0.29) is 16.9 Å². The summed E-state index contributed by atoms with van der Waals surface area (Å²) in [5.74, 6) is -0.704. The third-order valence-corrected chi connectivity index (χ3v) is 2.77. The van der Waals surface area contributed by atoms with Crippen molar-refractivity contribution < 1.29 is 22.7 Å². The van der Waals surface area contributed by atoms with Crippen LogP contribution < -0.4 is 5.73 Å². The predicted molar refractivity (Wildman–Crippen MR) is 72.9 cm³/mol. The maximum atomic E-state index is 12.7. The summed E-state index contributed by atoms with van der Waals surface area (Å²) in [5, 5.41) is 0.351. The highest BCUT2D eigenvalue weighted by Crippen LogP contribution is 2.34.